The molecule has 4 nitrogen and oxygen atoms in total. The highest BCUT2D eigenvalue weighted by Crippen LogP contribution is 2.23. The summed E-state index contributed by atoms with van der Waals surface area (Å²) in [6.45, 7) is 2.84. The topological polar surface area (TPSA) is 73.9 Å². The van der Waals surface area contributed by atoms with Crippen LogP contribution in [0, 0.1) is 22.7 Å². The van der Waals surface area contributed by atoms with Gasteiger partial charge in [0.1, 0.15) is 5.75 Å². The molecule has 4 heteroatoms. The Balaban J connectivity index is 1.92. The van der Waals surface area contributed by atoms with E-state index in [1.54, 1.807) is 42.5 Å². The first-order chi connectivity index (χ1) is 14.7. The number of rotatable bonds is 13. The number of nitrogens with zero attached hydrogens (tertiary/aromatic N) is 2. The summed E-state index contributed by atoms with van der Waals surface area (Å²) in [5.74, 6) is 0.503. The van der Waals surface area contributed by atoms with Crippen LogP contribution in [-0.4, -0.2) is 12.4 Å². The Bertz CT molecular complexity index is 906. The van der Waals surface area contributed by atoms with Crippen LogP contribution in [-0.2, 0) is 6.42 Å². The number of hydrogen-bond donors (Lipinski definition) is 0. The van der Waals surface area contributed by atoms with Gasteiger partial charge in [-0.2, -0.15) is 10.5 Å². The first kappa shape index (κ1) is 23.2. The third-order valence-electron chi connectivity index (χ3n) is 5.10. The van der Waals surface area contributed by atoms with E-state index in [9.17, 15) is 4.79 Å². The lowest BCUT2D eigenvalue weighted by molar-refractivity contribution is 0.103. The molecule has 2 aromatic rings. The lowest BCUT2D eigenvalue weighted by Crippen LogP contribution is -2.05. The quantitative estimate of drug-likeness (QED) is 0.288. The normalized spacial score (nSPS) is 10.2. The number of carbonyl (C=O) groups excluding carboxylic acids is 1. The standard InChI is InChI=1S/C26H30N2O2/c1-2-3-4-5-6-7-8-9-17-30-25-14-13-24(19-22(25)15-16-27)26(29)23-12-10-11-21(18-23)20-28/h10-14,18-19H,2-9,15,17H2,1H3. The molecule has 0 aromatic heterocycles. The molecular weight excluding hydrogens is 372 g/mol. The van der Waals surface area contributed by atoms with E-state index in [0.717, 1.165) is 18.4 Å². The molecule has 2 rings (SSSR count). The molecule has 0 aliphatic carbocycles. The molecule has 0 saturated heterocycles. The summed E-state index contributed by atoms with van der Waals surface area (Å²) in [6, 6.07) is 16.1. The van der Waals surface area contributed by atoms with Crippen LogP contribution < -0.4 is 4.74 Å². The molecule has 0 unspecified atom stereocenters. The second-order valence-corrected chi connectivity index (χ2v) is 7.50. The number of hydrogen-bond acceptors (Lipinski definition) is 4. The zero-order chi connectivity index (χ0) is 21.6. The molecule has 0 amide bonds. The number of nitriles is 2. The first-order valence-electron chi connectivity index (χ1n) is 10.9. The van der Waals surface area contributed by atoms with Gasteiger partial charge in [-0.1, -0.05) is 64.0 Å². The average molecular weight is 403 g/mol. The number of unbranched alkanes of at least 4 members (excludes halogenated alkanes) is 7. The van der Waals surface area contributed by atoms with Crippen molar-refractivity contribution in [2.75, 3.05) is 6.61 Å². The smallest absolute Gasteiger partial charge is 0.193 e. The van der Waals surface area contributed by atoms with Crippen LogP contribution in [0.15, 0.2) is 42.5 Å². The van der Waals surface area contributed by atoms with Crippen LogP contribution >= 0.6 is 0 Å². The fraction of sp³-hybridized carbons (Fsp3) is 0.423. The minimum atomic E-state index is -0.166. The van der Waals surface area contributed by atoms with Crippen molar-refractivity contribution in [3.63, 3.8) is 0 Å². The maximum atomic E-state index is 12.8. The molecule has 0 aliphatic heterocycles. The predicted octanol–water partition coefficient (Wildman–Crippen LogP) is 6.37. The Morgan fingerprint density at radius 3 is 2.30 bits per heavy atom. The van der Waals surface area contributed by atoms with Crippen molar-refractivity contribution in [1.29, 1.82) is 10.5 Å². The monoisotopic (exact) mass is 402 g/mol. The van der Waals surface area contributed by atoms with Crippen molar-refractivity contribution in [2.24, 2.45) is 0 Å². The van der Waals surface area contributed by atoms with Gasteiger partial charge in [0.2, 0.25) is 0 Å². The van der Waals surface area contributed by atoms with Gasteiger partial charge in [0.05, 0.1) is 30.7 Å². The third kappa shape index (κ3) is 7.37. The fourth-order valence-electron chi connectivity index (χ4n) is 3.40. The van der Waals surface area contributed by atoms with Gasteiger partial charge in [0.15, 0.2) is 5.78 Å². The van der Waals surface area contributed by atoms with Gasteiger partial charge < -0.3 is 4.74 Å². The largest absolute Gasteiger partial charge is 0.493 e. The SMILES string of the molecule is CCCCCCCCCCOc1ccc(C(=O)c2cccc(C#N)c2)cc1CC#N. The van der Waals surface area contributed by atoms with E-state index < -0.39 is 0 Å². The van der Waals surface area contributed by atoms with Crippen LogP contribution in [0.1, 0.15) is 85.3 Å². The van der Waals surface area contributed by atoms with Crippen LogP contribution in [0.4, 0.5) is 0 Å². The van der Waals surface area contributed by atoms with Crippen LogP contribution in [0.25, 0.3) is 0 Å². The van der Waals surface area contributed by atoms with Gasteiger partial charge in [-0.3, -0.25) is 4.79 Å². The predicted molar refractivity (Wildman–Crippen MR) is 118 cm³/mol. The summed E-state index contributed by atoms with van der Waals surface area (Å²) >= 11 is 0. The summed E-state index contributed by atoms with van der Waals surface area (Å²) in [5, 5.41) is 18.2. The molecule has 2 aromatic carbocycles. The van der Waals surface area contributed by atoms with E-state index in [4.69, 9.17) is 15.3 Å². The summed E-state index contributed by atoms with van der Waals surface area (Å²) in [4.78, 5) is 12.8. The summed E-state index contributed by atoms with van der Waals surface area (Å²) in [6.07, 6.45) is 10.1. The van der Waals surface area contributed by atoms with Crippen molar-refractivity contribution in [3.05, 3.63) is 64.7 Å². The minimum absolute atomic E-state index is 0.166. The van der Waals surface area contributed by atoms with E-state index >= 15 is 0 Å². The Kier molecular flexibility index (Phi) is 10.2. The van der Waals surface area contributed by atoms with Crippen LogP contribution in [0.3, 0.4) is 0 Å². The molecule has 0 radical (unpaired) electrons. The van der Waals surface area contributed by atoms with E-state index in [1.165, 1.54) is 38.5 Å². The molecule has 0 aliphatic rings. The van der Waals surface area contributed by atoms with Gasteiger partial charge in [0.25, 0.3) is 0 Å². The van der Waals surface area contributed by atoms with Crippen LogP contribution in [0.5, 0.6) is 5.75 Å². The van der Waals surface area contributed by atoms with Crippen molar-refractivity contribution >= 4 is 5.78 Å². The molecule has 0 fully saturated rings. The zero-order valence-electron chi connectivity index (χ0n) is 17.8. The van der Waals surface area contributed by atoms with Gasteiger partial charge in [-0.05, 0) is 36.8 Å². The second-order valence-electron chi connectivity index (χ2n) is 7.50. The van der Waals surface area contributed by atoms with E-state index in [0.29, 0.717) is 29.0 Å². The first-order valence-corrected chi connectivity index (χ1v) is 10.9. The number of carbonyl (C=O) groups is 1. The van der Waals surface area contributed by atoms with Crippen molar-refractivity contribution in [3.8, 4) is 17.9 Å². The zero-order valence-corrected chi connectivity index (χ0v) is 17.8. The van der Waals surface area contributed by atoms with Gasteiger partial charge in [-0.25, -0.2) is 0 Å². The maximum Gasteiger partial charge on any atom is 0.193 e. The van der Waals surface area contributed by atoms with E-state index in [2.05, 4.69) is 13.0 Å². The highest BCUT2D eigenvalue weighted by Gasteiger charge is 2.13. The van der Waals surface area contributed by atoms with Gasteiger partial charge in [-0.15, -0.1) is 0 Å². The van der Waals surface area contributed by atoms with E-state index in [1.807, 2.05) is 6.07 Å². The molecule has 156 valence electrons. The summed E-state index contributed by atoms with van der Waals surface area (Å²) < 4.78 is 5.91. The molecule has 0 bridgehead atoms. The molecular formula is C26H30N2O2. The Labute approximate surface area is 180 Å². The molecule has 0 atom stereocenters. The molecule has 30 heavy (non-hydrogen) atoms. The summed E-state index contributed by atoms with van der Waals surface area (Å²) in [5.41, 5.74) is 2.13. The molecule has 0 N–H and O–H groups in total. The molecule has 0 heterocycles. The second kappa shape index (κ2) is 13.2. The number of ether oxygens (including phenoxy) is 1. The third-order valence-corrected chi connectivity index (χ3v) is 5.10. The maximum absolute atomic E-state index is 12.8. The highest BCUT2D eigenvalue weighted by molar-refractivity contribution is 6.09. The van der Waals surface area contributed by atoms with Crippen LogP contribution in [0.2, 0.25) is 0 Å². The molecule has 0 saturated carbocycles. The Hall–Kier alpha value is -3.11. The number of ketones is 1. The number of benzene rings is 2. The Morgan fingerprint density at radius 2 is 1.60 bits per heavy atom. The van der Waals surface area contributed by atoms with E-state index in [-0.39, 0.29) is 12.2 Å². The van der Waals surface area contributed by atoms with Gasteiger partial charge in [0, 0.05) is 16.7 Å². The van der Waals surface area contributed by atoms with Crippen molar-refractivity contribution < 1.29 is 9.53 Å². The lowest BCUT2D eigenvalue weighted by atomic mass is 9.98. The van der Waals surface area contributed by atoms with Crippen molar-refractivity contribution in [1.82, 2.24) is 0 Å². The van der Waals surface area contributed by atoms with Gasteiger partial charge >= 0.3 is 0 Å². The molecule has 0 spiro atoms. The average Bonchev–Trinajstić information content (AvgIpc) is 2.78. The lowest BCUT2D eigenvalue weighted by Gasteiger charge is -2.12. The highest BCUT2D eigenvalue weighted by atomic mass is 16.5. The Morgan fingerprint density at radius 1 is 0.900 bits per heavy atom. The summed E-state index contributed by atoms with van der Waals surface area (Å²) in [7, 11) is 0. The fourth-order valence-corrected chi connectivity index (χ4v) is 3.40. The van der Waals surface area contributed by atoms with Crippen molar-refractivity contribution in [2.45, 2.75) is 64.7 Å². The minimum Gasteiger partial charge on any atom is -0.493 e.